The molecule has 0 fully saturated rings. The molecule has 29 unspecified atom stereocenters. The minimum Gasteiger partial charge on any atom is -0.394 e. The van der Waals surface area contributed by atoms with Crippen LogP contribution in [0.5, 0.6) is 0 Å². The summed E-state index contributed by atoms with van der Waals surface area (Å²) in [6.07, 6.45) is -82.0. The third-order valence-corrected chi connectivity index (χ3v) is 14.9. The number of aliphatic hydroxyl groups excluding tert-OH is 30. The lowest BCUT2D eigenvalue weighted by atomic mass is 9.86. The molecule has 0 aliphatic carbocycles. The second kappa shape index (κ2) is 31.2. The summed E-state index contributed by atoms with van der Waals surface area (Å²) in [4.78, 5) is 0. The van der Waals surface area contributed by atoms with Gasteiger partial charge in [0.2, 0.25) is 0 Å². The van der Waals surface area contributed by atoms with Gasteiger partial charge in [-0.3, -0.25) is 0 Å². The summed E-state index contributed by atoms with van der Waals surface area (Å²) in [5.41, 5.74) is -0.884. The van der Waals surface area contributed by atoms with Crippen molar-refractivity contribution in [3.05, 3.63) is 0 Å². The van der Waals surface area contributed by atoms with Crippen LogP contribution in [-0.2, 0) is 9.84 Å². The van der Waals surface area contributed by atoms with Crippen LogP contribution >= 0.6 is 23.6 Å². The first-order valence-electron chi connectivity index (χ1n) is 21.8. The first kappa shape index (κ1) is 72.3. The van der Waals surface area contributed by atoms with Crippen molar-refractivity contribution in [1.82, 2.24) is 3.94 Å². The molecule has 0 aromatic rings. The number of hydrogen-bond acceptors (Lipinski definition) is 33. The predicted molar refractivity (Wildman–Crippen MR) is 237 cm³/mol. The molecule has 0 bridgehead atoms. The maximum absolute atomic E-state index is 12.5. The van der Waals surface area contributed by atoms with Gasteiger partial charge in [-0.1, -0.05) is 0 Å². The Bertz CT molecular complexity index is 1660. The molecular formula is C37H75Cl2NO32S. The summed E-state index contributed by atoms with van der Waals surface area (Å²) in [7, 11) is -4.19. The van der Waals surface area contributed by atoms with E-state index >= 15 is 0 Å². The molecule has 440 valence electrons. The predicted octanol–water partition coefficient (Wildman–Crippen LogP) is -17.0. The molecule has 0 radical (unpaired) electrons. The highest BCUT2D eigenvalue weighted by molar-refractivity contribution is 7.91. The van der Waals surface area contributed by atoms with Crippen LogP contribution in [0.4, 0.5) is 0 Å². The Labute approximate surface area is 425 Å². The zero-order valence-corrected chi connectivity index (χ0v) is 41.0. The van der Waals surface area contributed by atoms with E-state index in [9.17, 15) is 157 Å². The summed E-state index contributed by atoms with van der Waals surface area (Å²) >= 11 is 11.4. The van der Waals surface area contributed by atoms with Crippen molar-refractivity contribution in [3.8, 4) is 0 Å². The largest absolute Gasteiger partial charge is 0.394 e. The molecule has 0 aliphatic heterocycles. The van der Waals surface area contributed by atoms with Crippen LogP contribution < -0.4 is 0 Å². The quantitative estimate of drug-likeness (QED) is 0.0259. The van der Waals surface area contributed by atoms with E-state index in [0.29, 0.717) is 0 Å². The molecule has 0 saturated carbocycles. The molecule has 29 atom stereocenters. The summed E-state index contributed by atoms with van der Waals surface area (Å²) in [5.74, 6) is -1.81. The van der Waals surface area contributed by atoms with Crippen molar-refractivity contribution in [1.29, 1.82) is 0 Å². The van der Waals surface area contributed by atoms with E-state index < -0.39 is 211 Å². The smallest absolute Gasteiger partial charge is 0.152 e. The lowest BCUT2D eigenvalue weighted by molar-refractivity contribution is -0.217. The van der Waals surface area contributed by atoms with E-state index in [2.05, 4.69) is 0 Å². The monoisotopic (exact) mass is 1150 g/mol. The molecular weight excluding hydrogens is 1070 g/mol. The van der Waals surface area contributed by atoms with E-state index in [-0.39, 0.29) is 12.8 Å². The van der Waals surface area contributed by atoms with Gasteiger partial charge in [0, 0.05) is 5.54 Å². The first-order valence-corrected chi connectivity index (χ1v) is 24.3. The molecule has 0 aromatic heterocycles. The zero-order chi connectivity index (χ0) is 57.9. The number of nitrogens with zero attached hydrogens (tertiary/aromatic N) is 1. The molecule has 0 heterocycles. The van der Waals surface area contributed by atoms with Gasteiger partial charge < -0.3 is 153 Å². The first-order chi connectivity index (χ1) is 33.1. The molecule has 0 spiro atoms. The second-order valence-corrected chi connectivity index (χ2v) is 21.4. The Morgan fingerprint density at radius 3 is 0.658 bits per heavy atom. The third kappa shape index (κ3) is 19.6. The molecule has 30 N–H and O–H groups in total. The second-order valence-electron chi connectivity index (χ2n) is 18.3. The maximum Gasteiger partial charge on any atom is 0.152 e. The highest BCUT2D eigenvalue weighted by Gasteiger charge is 2.50. The van der Waals surface area contributed by atoms with Crippen LogP contribution in [0, 0.1) is 0 Å². The van der Waals surface area contributed by atoms with Crippen LogP contribution in [0.15, 0.2) is 0 Å². The van der Waals surface area contributed by atoms with E-state index in [4.69, 9.17) is 28.7 Å². The Balaban J connectivity index is 5.69. The van der Waals surface area contributed by atoms with Gasteiger partial charge in [-0.2, -0.15) is 0 Å². The summed E-state index contributed by atoms with van der Waals surface area (Å²) in [5, 5.41) is 306. The van der Waals surface area contributed by atoms with Crippen LogP contribution in [0.1, 0.15) is 26.7 Å². The normalized spacial score (nSPS) is 25.4. The third-order valence-electron chi connectivity index (χ3n) is 12.2. The molecule has 73 heavy (non-hydrogen) atoms. The van der Waals surface area contributed by atoms with E-state index in [1.165, 1.54) is 0 Å². The van der Waals surface area contributed by atoms with Crippen molar-refractivity contribution in [2.24, 2.45) is 0 Å². The number of hydrogen-bond donors (Lipinski definition) is 30. The van der Waals surface area contributed by atoms with Gasteiger partial charge in [0.05, 0.1) is 24.2 Å². The SMILES string of the molecule is CC(C)(CCCS(=O)(=O)CC(O)C(O)C(O)C(O)C(O)C(O)C(O)C(O)C(O)C(O)C(O)C(O)C(O)C(O)C(O)C(O)C(O)C(O)C(O)C(O)C(O)C(O)C(O)C(O)C(O)C(O)C(O)C(O)C(O)CO)N(Cl)Cl. The van der Waals surface area contributed by atoms with Crippen LogP contribution in [0.2, 0.25) is 0 Å². The van der Waals surface area contributed by atoms with Gasteiger partial charge in [-0.25, -0.2) is 8.42 Å². The lowest BCUT2D eigenvalue weighted by Gasteiger charge is -2.38. The van der Waals surface area contributed by atoms with Gasteiger partial charge in [0.25, 0.3) is 0 Å². The van der Waals surface area contributed by atoms with Crippen molar-refractivity contribution >= 4 is 33.4 Å². The van der Waals surface area contributed by atoms with Gasteiger partial charge in [-0.05, 0) is 50.2 Å². The van der Waals surface area contributed by atoms with Crippen LogP contribution in [-0.4, -0.2) is 366 Å². The fraction of sp³-hybridized carbons (Fsp3) is 1.00. The van der Waals surface area contributed by atoms with E-state index in [0.717, 1.165) is 3.94 Å². The minimum absolute atomic E-state index is 0.0548. The number of aliphatic hydroxyl groups is 30. The molecule has 0 saturated heterocycles. The minimum atomic E-state index is -4.19. The number of halogens is 2. The molecule has 33 nitrogen and oxygen atoms in total. The Kier molecular flexibility index (Phi) is 30.9. The Hall–Kier alpha value is -0.710. The fourth-order valence-corrected chi connectivity index (χ4v) is 8.50. The van der Waals surface area contributed by atoms with Crippen LogP contribution in [0.25, 0.3) is 0 Å². The highest BCUT2D eigenvalue weighted by Crippen LogP contribution is 2.27. The van der Waals surface area contributed by atoms with Crippen molar-refractivity contribution in [2.45, 2.75) is 209 Å². The van der Waals surface area contributed by atoms with Crippen molar-refractivity contribution in [3.63, 3.8) is 0 Å². The van der Waals surface area contributed by atoms with Gasteiger partial charge in [0.15, 0.2) is 9.84 Å². The summed E-state index contributed by atoms with van der Waals surface area (Å²) in [6.45, 7) is 1.97. The molecule has 36 heteroatoms. The highest BCUT2D eigenvalue weighted by atomic mass is 35.5. The molecule has 0 amide bonds. The van der Waals surface area contributed by atoms with Gasteiger partial charge in [-0.15, -0.1) is 3.94 Å². The summed E-state index contributed by atoms with van der Waals surface area (Å²) in [6, 6.07) is 0. The summed E-state index contributed by atoms with van der Waals surface area (Å²) < 4.78 is 25.8. The average Bonchev–Trinajstić information content (AvgIpc) is 3.35. The van der Waals surface area contributed by atoms with Gasteiger partial charge in [0.1, 0.15) is 171 Å². The number of sulfone groups is 1. The van der Waals surface area contributed by atoms with Crippen LogP contribution in [0.3, 0.4) is 0 Å². The Morgan fingerprint density at radius 1 is 0.329 bits per heavy atom. The average molecular weight is 1150 g/mol. The molecule has 0 aliphatic rings. The van der Waals surface area contributed by atoms with Crippen molar-refractivity contribution < 1.29 is 162 Å². The van der Waals surface area contributed by atoms with E-state index in [1.54, 1.807) is 13.8 Å². The molecule has 0 rings (SSSR count). The van der Waals surface area contributed by atoms with Crippen molar-refractivity contribution in [2.75, 3.05) is 18.1 Å². The van der Waals surface area contributed by atoms with E-state index in [1.807, 2.05) is 0 Å². The fourth-order valence-electron chi connectivity index (χ4n) is 6.87. The zero-order valence-electron chi connectivity index (χ0n) is 38.6. The van der Waals surface area contributed by atoms with Gasteiger partial charge >= 0.3 is 0 Å². The Morgan fingerprint density at radius 2 is 0.493 bits per heavy atom. The number of rotatable bonds is 36. The topological polar surface area (TPSA) is 644 Å². The molecule has 0 aromatic carbocycles. The maximum atomic E-state index is 12.5. The standard InChI is InChI=1S/C37H75Cl2NO32S/c1-37(2,40(38)39)4-3-5-73(71,72)7-9(43)11(45)13(47)15(49)17(51)19(53)21(55)23(57)25(59)27(61)29(63)31(65)33(67)35(69)36(70)34(68)32(66)30(64)28(62)26(60)24(58)22(56)20(54)18(52)16(50)14(48)12(46)10(44)8(42)6-41/h8-36,41-70H,3-7H2,1-2H3. The lowest BCUT2D eigenvalue weighted by Crippen LogP contribution is -2.62.